The minimum Gasteiger partial charge on any atom is -0.387 e. The molecule has 0 aliphatic carbocycles. The summed E-state index contributed by atoms with van der Waals surface area (Å²) in [4.78, 5) is 22.1. The van der Waals surface area contributed by atoms with Crippen molar-refractivity contribution in [1.82, 2.24) is 19.5 Å². The maximum atomic E-state index is 11.3. The fourth-order valence-corrected chi connectivity index (χ4v) is 3.68. The first-order valence-electron chi connectivity index (χ1n) is 9.25. The van der Waals surface area contributed by atoms with Crippen LogP contribution in [0.5, 0.6) is 0 Å². The van der Waals surface area contributed by atoms with E-state index in [1.54, 1.807) is 0 Å². The zero-order valence-corrected chi connectivity index (χ0v) is 17.0. The SMILES string of the molecule is CP(=O)(O)OC[C@H]1O[C@@H](n2cnc3c(NCc4ccccc4)ncnc32)[C@H](O)[C@@H]1O. The molecule has 2 aromatic heterocycles. The molecule has 4 rings (SSSR count). The van der Waals surface area contributed by atoms with Crippen LogP contribution in [-0.2, 0) is 20.4 Å². The van der Waals surface area contributed by atoms with Crippen LogP contribution in [0.25, 0.3) is 11.2 Å². The van der Waals surface area contributed by atoms with E-state index in [9.17, 15) is 19.7 Å². The number of aliphatic hydroxyl groups excluding tert-OH is 2. The molecule has 0 saturated carbocycles. The second kappa shape index (κ2) is 8.38. The van der Waals surface area contributed by atoms with Crippen LogP contribution in [0.4, 0.5) is 5.82 Å². The molecule has 0 bridgehead atoms. The van der Waals surface area contributed by atoms with Gasteiger partial charge in [0.15, 0.2) is 23.2 Å². The molecule has 11 nitrogen and oxygen atoms in total. The van der Waals surface area contributed by atoms with Gasteiger partial charge < -0.3 is 29.7 Å². The molecule has 30 heavy (non-hydrogen) atoms. The Kier molecular flexibility index (Phi) is 5.83. The lowest BCUT2D eigenvalue weighted by atomic mass is 10.1. The van der Waals surface area contributed by atoms with E-state index in [-0.39, 0.29) is 6.61 Å². The number of nitrogens with one attached hydrogen (secondary N) is 1. The number of benzene rings is 1. The molecule has 3 heterocycles. The lowest BCUT2D eigenvalue weighted by Gasteiger charge is -2.16. The Morgan fingerprint density at radius 1 is 1.20 bits per heavy atom. The summed E-state index contributed by atoms with van der Waals surface area (Å²) in [6.45, 7) is 1.23. The Balaban J connectivity index is 1.54. The summed E-state index contributed by atoms with van der Waals surface area (Å²) in [5.41, 5.74) is 1.95. The van der Waals surface area contributed by atoms with Gasteiger partial charge in [0, 0.05) is 13.2 Å². The average Bonchev–Trinajstić information content (AvgIpc) is 3.27. The fourth-order valence-electron chi connectivity index (χ4n) is 3.26. The third-order valence-corrected chi connectivity index (χ3v) is 5.38. The molecule has 4 N–H and O–H groups in total. The third kappa shape index (κ3) is 4.36. The van der Waals surface area contributed by atoms with Crippen LogP contribution in [0.1, 0.15) is 11.8 Å². The van der Waals surface area contributed by atoms with Crippen LogP contribution in [0, 0.1) is 0 Å². The zero-order valence-electron chi connectivity index (χ0n) is 16.1. The van der Waals surface area contributed by atoms with Gasteiger partial charge in [0.2, 0.25) is 0 Å². The van der Waals surface area contributed by atoms with Gasteiger partial charge in [0.1, 0.15) is 24.6 Å². The van der Waals surface area contributed by atoms with Crippen molar-refractivity contribution in [3.05, 3.63) is 48.5 Å². The standard InChI is InChI=1S/C18H22N5O6P/c1-30(26,27)28-8-12-14(24)15(25)18(29-12)23-10-22-13-16(20-9-21-17(13)23)19-7-11-5-3-2-4-6-11/h2-6,9-10,12,14-15,18,24-25H,7-8H2,1H3,(H,26,27)(H,19,20,21)/t12-,14-,15-,18-/m1/s1. The normalized spacial score (nSPS) is 26.0. The van der Waals surface area contributed by atoms with E-state index < -0.39 is 32.1 Å². The molecule has 1 aliphatic rings. The summed E-state index contributed by atoms with van der Waals surface area (Å²) in [5, 5.41) is 23.9. The van der Waals surface area contributed by atoms with Crippen LogP contribution in [-0.4, -0.2) is 66.2 Å². The predicted octanol–water partition coefficient (Wildman–Crippen LogP) is 0.889. The number of nitrogens with zero attached hydrogens (tertiary/aromatic N) is 4. The van der Waals surface area contributed by atoms with Gasteiger partial charge in [-0.2, -0.15) is 0 Å². The van der Waals surface area contributed by atoms with Crippen molar-refractivity contribution in [2.75, 3.05) is 18.6 Å². The second-order valence-electron chi connectivity index (χ2n) is 7.03. The van der Waals surface area contributed by atoms with Crippen molar-refractivity contribution in [3.8, 4) is 0 Å². The van der Waals surface area contributed by atoms with Crippen molar-refractivity contribution in [1.29, 1.82) is 0 Å². The highest BCUT2D eigenvalue weighted by molar-refractivity contribution is 7.51. The van der Waals surface area contributed by atoms with Crippen molar-refractivity contribution in [3.63, 3.8) is 0 Å². The Morgan fingerprint density at radius 2 is 1.97 bits per heavy atom. The summed E-state index contributed by atoms with van der Waals surface area (Å²) >= 11 is 0. The van der Waals surface area contributed by atoms with Crippen LogP contribution in [0.2, 0.25) is 0 Å². The van der Waals surface area contributed by atoms with Gasteiger partial charge in [0.25, 0.3) is 0 Å². The highest BCUT2D eigenvalue weighted by Gasteiger charge is 2.45. The number of rotatable bonds is 7. The topological polar surface area (TPSA) is 152 Å². The minimum absolute atomic E-state index is 0.343. The average molecular weight is 435 g/mol. The van der Waals surface area contributed by atoms with E-state index in [4.69, 9.17) is 9.26 Å². The molecule has 1 fully saturated rings. The van der Waals surface area contributed by atoms with Gasteiger partial charge in [-0.3, -0.25) is 9.13 Å². The van der Waals surface area contributed by atoms with E-state index in [0.717, 1.165) is 12.2 Å². The highest BCUT2D eigenvalue weighted by Crippen LogP contribution is 2.39. The molecule has 1 aromatic carbocycles. The van der Waals surface area contributed by atoms with Gasteiger partial charge in [-0.05, 0) is 5.56 Å². The molecule has 1 unspecified atom stereocenters. The molecule has 1 saturated heterocycles. The smallest absolute Gasteiger partial charge is 0.325 e. The number of imidazole rings is 1. The first kappa shape index (κ1) is 20.9. The van der Waals surface area contributed by atoms with Crippen LogP contribution < -0.4 is 5.32 Å². The Morgan fingerprint density at radius 3 is 2.70 bits per heavy atom. The van der Waals surface area contributed by atoms with Gasteiger partial charge in [0.05, 0.1) is 12.9 Å². The summed E-state index contributed by atoms with van der Waals surface area (Å²) in [6.07, 6.45) is -1.79. The van der Waals surface area contributed by atoms with Crippen LogP contribution in [0.15, 0.2) is 43.0 Å². The van der Waals surface area contributed by atoms with Crippen molar-refractivity contribution < 1.29 is 28.9 Å². The number of anilines is 1. The summed E-state index contributed by atoms with van der Waals surface area (Å²) < 4.78 is 23.4. The number of fused-ring (bicyclic) bond motifs is 1. The number of ether oxygens (including phenoxy) is 1. The van der Waals surface area contributed by atoms with E-state index in [1.807, 2.05) is 30.3 Å². The number of aromatic nitrogens is 4. The minimum atomic E-state index is -3.74. The second-order valence-corrected chi connectivity index (χ2v) is 8.89. The predicted molar refractivity (Wildman–Crippen MR) is 107 cm³/mol. The lowest BCUT2D eigenvalue weighted by Crippen LogP contribution is -2.33. The molecular weight excluding hydrogens is 413 g/mol. The van der Waals surface area contributed by atoms with E-state index in [1.165, 1.54) is 17.2 Å². The molecule has 5 atom stereocenters. The molecule has 3 aromatic rings. The first-order valence-corrected chi connectivity index (χ1v) is 11.3. The third-order valence-electron chi connectivity index (χ3n) is 4.75. The number of hydrogen-bond acceptors (Lipinski definition) is 9. The highest BCUT2D eigenvalue weighted by atomic mass is 31.2. The van der Waals surface area contributed by atoms with Crippen molar-refractivity contribution in [2.45, 2.75) is 31.1 Å². The first-order chi connectivity index (χ1) is 14.3. The van der Waals surface area contributed by atoms with Crippen molar-refractivity contribution in [2.24, 2.45) is 0 Å². The summed E-state index contributed by atoms with van der Waals surface area (Å²) in [7, 11) is -3.74. The number of aliphatic hydroxyl groups is 2. The van der Waals surface area contributed by atoms with Gasteiger partial charge in [-0.25, -0.2) is 15.0 Å². The molecule has 160 valence electrons. The molecule has 0 spiro atoms. The molecule has 0 amide bonds. The summed E-state index contributed by atoms with van der Waals surface area (Å²) in [6, 6.07) is 9.79. The zero-order chi connectivity index (χ0) is 21.3. The summed E-state index contributed by atoms with van der Waals surface area (Å²) in [5.74, 6) is 0.516. The van der Waals surface area contributed by atoms with Crippen molar-refractivity contribution >= 4 is 24.6 Å². The lowest BCUT2D eigenvalue weighted by molar-refractivity contribution is -0.0483. The largest absolute Gasteiger partial charge is 0.387 e. The Labute approximate surface area is 171 Å². The molecular formula is C18H22N5O6P. The van der Waals surface area contributed by atoms with Gasteiger partial charge >= 0.3 is 7.60 Å². The quantitative estimate of drug-likeness (QED) is 0.394. The van der Waals surface area contributed by atoms with E-state index in [0.29, 0.717) is 23.5 Å². The number of hydrogen-bond donors (Lipinski definition) is 4. The Bertz CT molecular complexity index is 1060. The van der Waals surface area contributed by atoms with E-state index in [2.05, 4.69) is 20.3 Å². The van der Waals surface area contributed by atoms with E-state index >= 15 is 0 Å². The van der Waals surface area contributed by atoms with Gasteiger partial charge in [-0.15, -0.1) is 0 Å². The monoisotopic (exact) mass is 435 g/mol. The molecule has 12 heteroatoms. The fraction of sp³-hybridized carbons (Fsp3) is 0.389. The van der Waals surface area contributed by atoms with Gasteiger partial charge in [-0.1, -0.05) is 30.3 Å². The molecule has 1 aliphatic heterocycles. The Hall–Kier alpha value is -2.40. The maximum Gasteiger partial charge on any atom is 0.325 e. The molecule has 0 radical (unpaired) electrons. The van der Waals surface area contributed by atoms with Crippen LogP contribution in [0.3, 0.4) is 0 Å². The maximum absolute atomic E-state index is 11.3. The van der Waals surface area contributed by atoms with Crippen LogP contribution >= 0.6 is 7.60 Å².